The Morgan fingerprint density at radius 3 is 2.68 bits per heavy atom. The molecule has 1 amide bonds. The molecule has 4 aromatic rings. The predicted octanol–water partition coefficient (Wildman–Crippen LogP) is 5.54. The summed E-state index contributed by atoms with van der Waals surface area (Å²) >= 11 is 0. The van der Waals surface area contributed by atoms with Crippen LogP contribution in [0.2, 0.25) is 0 Å². The lowest BCUT2D eigenvalue weighted by atomic mass is 10.1. The Labute approximate surface area is 181 Å². The number of hydrogen-bond acceptors (Lipinski definition) is 5. The van der Waals surface area contributed by atoms with Gasteiger partial charge in [0.15, 0.2) is 5.65 Å². The number of fused-ring (bicyclic) bond motifs is 1. The van der Waals surface area contributed by atoms with Gasteiger partial charge in [0.1, 0.15) is 17.3 Å². The molecule has 3 aromatic heterocycles. The van der Waals surface area contributed by atoms with Gasteiger partial charge in [-0.25, -0.2) is 9.67 Å². The molecule has 0 aliphatic carbocycles. The van der Waals surface area contributed by atoms with Gasteiger partial charge in [-0.2, -0.15) is 5.10 Å². The number of carbonyl (C=O) groups is 1. The first-order chi connectivity index (χ1) is 14.9. The minimum Gasteiger partial charge on any atom is -0.492 e. The Bertz CT molecular complexity index is 1250. The van der Waals surface area contributed by atoms with Gasteiger partial charge in [-0.3, -0.25) is 4.79 Å². The number of pyridine rings is 1. The zero-order chi connectivity index (χ0) is 22.1. The van der Waals surface area contributed by atoms with Crippen LogP contribution in [0.25, 0.3) is 22.3 Å². The van der Waals surface area contributed by atoms with Crippen LogP contribution in [-0.4, -0.2) is 27.3 Å². The number of carbonyl (C=O) groups excluding carboxylic acids is 1. The molecule has 1 aromatic carbocycles. The molecule has 0 unspecified atom stereocenters. The Kier molecular flexibility index (Phi) is 5.50. The number of aryl methyl sites for hydroxylation is 2. The number of amides is 1. The molecule has 0 radical (unpaired) electrons. The largest absolute Gasteiger partial charge is 0.492 e. The van der Waals surface area contributed by atoms with Crippen LogP contribution in [0.4, 0.5) is 5.69 Å². The molecule has 7 heteroatoms. The fraction of sp³-hybridized carbons (Fsp3) is 0.292. The summed E-state index contributed by atoms with van der Waals surface area (Å²) in [4.78, 5) is 18.2. The second-order valence-corrected chi connectivity index (χ2v) is 7.69. The Hall–Kier alpha value is -3.61. The number of furan rings is 1. The van der Waals surface area contributed by atoms with Crippen LogP contribution in [0, 0.1) is 13.8 Å². The molecular formula is C24H26N4O3. The lowest BCUT2D eigenvalue weighted by molar-refractivity contribution is 0.102. The number of nitrogens with zero attached hydrogens (tertiary/aromatic N) is 3. The Morgan fingerprint density at radius 1 is 1.23 bits per heavy atom. The van der Waals surface area contributed by atoms with Crippen molar-refractivity contribution in [2.24, 2.45) is 0 Å². The fourth-order valence-corrected chi connectivity index (χ4v) is 3.65. The van der Waals surface area contributed by atoms with Crippen molar-refractivity contribution >= 4 is 22.6 Å². The summed E-state index contributed by atoms with van der Waals surface area (Å²) in [6.45, 7) is 10.3. The number of nitrogens with one attached hydrogen (secondary N) is 1. The molecule has 0 aliphatic heterocycles. The number of rotatable bonds is 6. The van der Waals surface area contributed by atoms with Gasteiger partial charge >= 0.3 is 0 Å². The normalized spacial score (nSPS) is 11.3. The average Bonchev–Trinajstić information content (AvgIpc) is 3.31. The maximum absolute atomic E-state index is 13.4. The quantitative estimate of drug-likeness (QED) is 0.444. The van der Waals surface area contributed by atoms with E-state index in [0.717, 1.165) is 17.1 Å². The molecule has 0 saturated heterocycles. The van der Waals surface area contributed by atoms with E-state index in [9.17, 15) is 4.79 Å². The van der Waals surface area contributed by atoms with E-state index in [2.05, 4.69) is 10.4 Å². The number of para-hydroxylation sites is 2. The molecule has 0 saturated carbocycles. The van der Waals surface area contributed by atoms with Gasteiger partial charge in [-0.15, -0.1) is 0 Å². The third-order valence-electron chi connectivity index (χ3n) is 5.05. The van der Waals surface area contributed by atoms with Crippen molar-refractivity contribution < 1.29 is 13.9 Å². The van der Waals surface area contributed by atoms with Crippen molar-refractivity contribution in [3.05, 3.63) is 59.7 Å². The second-order valence-electron chi connectivity index (χ2n) is 7.69. The van der Waals surface area contributed by atoms with Crippen LogP contribution in [0.5, 0.6) is 5.75 Å². The third kappa shape index (κ3) is 3.91. The molecule has 0 aliphatic rings. The summed E-state index contributed by atoms with van der Waals surface area (Å²) in [5.74, 6) is 1.93. The molecule has 0 bridgehead atoms. The highest BCUT2D eigenvalue weighted by atomic mass is 16.5. The molecule has 1 N–H and O–H groups in total. The van der Waals surface area contributed by atoms with Crippen LogP contribution in [0.3, 0.4) is 0 Å². The SMILES string of the molecule is CCOc1ccccc1NC(=O)c1cc(-c2cc(C)oc2C)nc2c1cnn2C(C)C. The van der Waals surface area contributed by atoms with E-state index in [-0.39, 0.29) is 11.9 Å². The summed E-state index contributed by atoms with van der Waals surface area (Å²) in [6.07, 6.45) is 1.70. The first kappa shape index (κ1) is 20.7. The Morgan fingerprint density at radius 2 is 2.00 bits per heavy atom. The zero-order valence-corrected chi connectivity index (χ0v) is 18.4. The van der Waals surface area contributed by atoms with Crippen molar-refractivity contribution in [1.29, 1.82) is 0 Å². The van der Waals surface area contributed by atoms with Crippen molar-refractivity contribution in [3.63, 3.8) is 0 Å². The lowest BCUT2D eigenvalue weighted by Crippen LogP contribution is -2.14. The van der Waals surface area contributed by atoms with Gasteiger partial charge in [0, 0.05) is 11.6 Å². The van der Waals surface area contributed by atoms with E-state index in [1.165, 1.54) is 0 Å². The molecule has 3 heterocycles. The molecule has 0 spiro atoms. The van der Waals surface area contributed by atoms with E-state index < -0.39 is 0 Å². The van der Waals surface area contributed by atoms with Gasteiger partial charge in [0.2, 0.25) is 0 Å². The molecule has 4 rings (SSSR count). The molecule has 31 heavy (non-hydrogen) atoms. The predicted molar refractivity (Wildman–Crippen MR) is 121 cm³/mol. The Balaban J connectivity index is 1.85. The zero-order valence-electron chi connectivity index (χ0n) is 18.4. The van der Waals surface area contributed by atoms with Crippen molar-refractivity contribution in [3.8, 4) is 17.0 Å². The number of benzene rings is 1. The third-order valence-corrected chi connectivity index (χ3v) is 5.05. The van der Waals surface area contributed by atoms with Gasteiger partial charge in [-0.05, 0) is 58.9 Å². The molecule has 0 fully saturated rings. The molecule has 7 nitrogen and oxygen atoms in total. The van der Waals surface area contributed by atoms with Crippen LogP contribution >= 0.6 is 0 Å². The average molecular weight is 418 g/mol. The highest BCUT2D eigenvalue weighted by molar-refractivity contribution is 6.13. The fourth-order valence-electron chi connectivity index (χ4n) is 3.65. The monoisotopic (exact) mass is 418 g/mol. The first-order valence-corrected chi connectivity index (χ1v) is 10.4. The highest BCUT2D eigenvalue weighted by Gasteiger charge is 2.21. The summed E-state index contributed by atoms with van der Waals surface area (Å²) in [5.41, 5.74) is 3.31. The molecule has 160 valence electrons. The number of aromatic nitrogens is 3. The van der Waals surface area contributed by atoms with Crippen LogP contribution < -0.4 is 10.1 Å². The van der Waals surface area contributed by atoms with E-state index in [1.54, 1.807) is 12.3 Å². The van der Waals surface area contributed by atoms with Crippen molar-refractivity contribution in [2.75, 3.05) is 11.9 Å². The molecular weight excluding hydrogens is 392 g/mol. The summed E-state index contributed by atoms with van der Waals surface area (Å²) < 4.78 is 13.2. The number of hydrogen-bond donors (Lipinski definition) is 1. The van der Waals surface area contributed by atoms with Crippen LogP contribution in [0.15, 0.2) is 47.0 Å². The van der Waals surface area contributed by atoms with Crippen LogP contribution in [-0.2, 0) is 0 Å². The molecule has 0 atom stereocenters. The van der Waals surface area contributed by atoms with E-state index in [0.29, 0.717) is 40.3 Å². The minimum atomic E-state index is -0.248. The van der Waals surface area contributed by atoms with E-state index in [1.807, 2.05) is 69.6 Å². The van der Waals surface area contributed by atoms with E-state index >= 15 is 0 Å². The smallest absolute Gasteiger partial charge is 0.256 e. The number of anilines is 1. The summed E-state index contributed by atoms with van der Waals surface area (Å²) in [6, 6.07) is 11.2. The first-order valence-electron chi connectivity index (χ1n) is 10.4. The van der Waals surface area contributed by atoms with Gasteiger partial charge < -0.3 is 14.5 Å². The topological polar surface area (TPSA) is 82.2 Å². The standard InChI is InChI=1S/C24H26N4O3/c1-6-30-22-10-8-7-9-20(22)27-24(29)18-12-21(17-11-15(4)31-16(17)5)26-23-19(18)13-25-28(23)14(2)3/h7-14H,6H2,1-5H3,(H,27,29). The maximum atomic E-state index is 13.4. The van der Waals surface area contributed by atoms with Crippen LogP contribution in [0.1, 0.15) is 48.7 Å². The minimum absolute atomic E-state index is 0.0991. The number of ether oxygens (including phenoxy) is 1. The van der Waals surface area contributed by atoms with Gasteiger partial charge in [0.25, 0.3) is 5.91 Å². The summed E-state index contributed by atoms with van der Waals surface area (Å²) in [7, 11) is 0. The second kappa shape index (κ2) is 8.26. The highest BCUT2D eigenvalue weighted by Crippen LogP contribution is 2.31. The lowest BCUT2D eigenvalue weighted by Gasteiger charge is -2.13. The van der Waals surface area contributed by atoms with Gasteiger partial charge in [-0.1, -0.05) is 12.1 Å². The van der Waals surface area contributed by atoms with Crippen molar-refractivity contribution in [2.45, 2.75) is 40.7 Å². The summed E-state index contributed by atoms with van der Waals surface area (Å²) in [5, 5.41) is 8.16. The van der Waals surface area contributed by atoms with Gasteiger partial charge in [0.05, 0.1) is 35.1 Å². The van der Waals surface area contributed by atoms with Crippen molar-refractivity contribution in [1.82, 2.24) is 14.8 Å². The van der Waals surface area contributed by atoms with E-state index in [4.69, 9.17) is 14.1 Å². The maximum Gasteiger partial charge on any atom is 0.256 e.